The van der Waals surface area contributed by atoms with E-state index in [-0.39, 0.29) is 0 Å². The normalized spacial score (nSPS) is 21.4. The second-order valence-electron chi connectivity index (χ2n) is 4.23. The van der Waals surface area contributed by atoms with E-state index in [1.54, 1.807) is 0 Å². The molecule has 1 saturated heterocycles. The zero-order valence-corrected chi connectivity index (χ0v) is 10.3. The van der Waals surface area contributed by atoms with Crippen LogP contribution >= 0.6 is 0 Å². The van der Waals surface area contributed by atoms with Gasteiger partial charge in [0.1, 0.15) is 0 Å². The summed E-state index contributed by atoms with van der Waals surface area (Å²) < 4.78 is 5.38. The lowest BCUT2D eigenvalue weighted by atomic mass is 10.2. The van der Waals surface area contributed by atoms with E-state index >= 15 is 0 Å². The molecule has 3 heteroatoms. The fourth-order valence-electron chi connectivity index (χ4n) is 2.23. The van der Waals surface area contributed by atoms with Crippen LogP contribution in [0, 0.1) is 0 Å². The summed E-state index contributed by atoms with van der Waals surface area (Å²) >= 11 is 0. The molecular formula is C12H26N2O. The largest absolute Gasteiger partial charge is 0.382 e. The molecule has 0 aromatic carbocycles. The number of hydrogen-bond donors (Lipinski definition) is 1. The summed E-state index contributed by atoms with van der Waals surface area (Å²) in [5, 5.41) is 3.44. The Bertz CT molecular complexity index is 147. The third-order valence-electron chi connectivity index (χ3n) is 3.00. The van der Waals surface area contributed by atoms with E-state index in [1.807, 2.05) is 0 Å². The highest BCUT2D eigenvalue weighted by Gasteiger charge is 2.20. The lowest BCUT2D eigenvalue weighted by molar-refractivity contribution is 0.122. The monoisotopic (exact) mass is 214 g/mol. The van der Waals surface area contributed by atoms with Crippen LogP contribution in [0.25, 0.3) is 0 Å². The molecule has 15 heavy (non-hydrogen) atoms. The van der Waals surface area contributed by atoms with Crippen molar-refractivity contribution in [2.75, 3.05) is 39.4 Å². The smallest absolute Gasteiger partial charge is 0.0478 e. The summed E-state index contributed by atoms with van der Waals surface area (Å²) in [6.45, 7) is 10.9. The minimum Gasteiger partial charge on any atom is -0.382 e. The molecule has 1 unspecified atom stereocenters. The number of rotatable bonds is 8. The highest BCUT2D eigenvalue weighted by molar-refractivity contribution is 4.80. The van der Waals surface area contributed by atoms with Crippen LogP contribution in [0.5, 0.6) is 0 Å². The first kappa shape index (κ1) is 12.9. The van der Waals surface area contributed by atoms with Gasteiger partial charge in [0.15, 0.2) is 0 Å². The van der Waals surface area contributed by atoms with E-state index in [2.05, 4.69) is 24.1 Å². The zero-order valence-electron chi connectivity index (χ0n) is 10.3. The third-order valence-corrected chi connectivity index (χ3v) is 3.00. The molecular weight excluding hydrogens is 188 g/mol. The number of nitrogens with one attached hydrogen (secondary N) is 1. The molecule has 3 nitrogen and oxygen atoms in total. The van der Waals surface area contributed by atoms with Crippen molar-refractivity contribution in [3.63, 3.8) is 0 Å². The predicted octanol–water partition coefficient (Wildman–Crippen LogP) is 1.49. The van der Waals surface area contributed by atoms with Crippen molar-refractivity contribution in [2.24, 2.45) is 0 Å². The van der Waals surface area contributed by atoms with Crippen LogP contribution in [0.15, 0.2) is 0 Å². The van der Waals surface area contributed by atoms with Gasteiger partial charge >= 0.3 is 0 Å². The SMILES string of the molecule is CCCN(CCCOCC)C1CCNC1. The lowest BCUT2D eigenvalue weighted by Crippen LogP contribution is -2.38. The van der Waals surface area contributed by atoms with Crippen molar-refractivity contribution in [1.29, 1.82) is 0 Å². The molecule has 0 saturated carbocycles. The lowest BCUT2D eigenvalue weighted by Gasteiger charge is -2.27. The summed E-state index contributed by atoms with van der Waals surface area (Å²) in [5.41, 5.74) is 0. The quantitative estimate of drug-likeness (QED) is 0.620. The van der Waals surface area contributed by atoms with E-state index in [0.29, 0.717) is 0 Å². The maximum absolute atomic E-state index is 5.38. The summed E-state index contributed by atoms with van der Waals surface area (Å²) in [5.74, 6) is 0. The Morgan fingerprint density at radius 2 is 2.20 bits per heavy atom. The summed E-state index contributed by atoms with van der Waals surface area (Å²) in [7, 11) is 0. The maximum Gasteiger partial charge on any atom is 0.0478 e. The Morgan fingerprint density at radius 1 is 1.33 bits per heavy atom. The molecule has 1 rings (SSSR count). The first-order valence-electron chi connectivity index (χ1n) is 6.41. The Balaban J connectivity index is 2.17. The minimum absolute atomic E-state index is 0.770. The highest BCUT2D eigenvalue weighted by Crippen LogP contribution is 2.09. The van der Waals surface area contributed by atoms with Crippen molar-refractivity contribution >= 4 is 0 Å². The van der Waals surface area contributed by atoms with Gasteiger partial charge < -0.3 is 10.1 Å². The first-order chi connectivity index (χ1) is 7.38. The van der Waals surface area contributed by atoms with Gasteiger partial charge in [-0.3, -0.25) is 4.90 Å². The van der Waals surface area contributed by atoms with Crippen molar-refractivity contribution in [2.45, 2.75) is 39.2 Å². The molecule has 90 valence electrons. The molecule has 0 aromatic heterocycles. The molecule has 0 bridgehead atoms. The third kappa shape index (κ3) is 4.96. The Kier molecular flexibility index (Phi) is 6.98. The zero-order chi connectivity index (χ0) is 10.9. The molecule has 0 amide bonds. The van der Waals surface area contributed by atoms with Gasteiger partial charge in [-0.15, -0.1) is 0 Å². The summed E-state index contributed by atoms with van der Waals surface area (Å²) in [4.78, 5) is 2.62. The van der Waals surface area contributed by atoms with E-state index in [4.69, 9.17) is 4.74 Å². The van der Waals surface area contributed by atoms with Gasteiger partial charge in [-0.25, -0.2) is 0 Å². The average Bonchev–Trinajstić information content (AvgIpc) is 2.76. The van der Waals surface area contributed by atoms with Crippen molar-refractivity contribution in [3.8, 4) is 0 Å². The van der Waals surface area contributed by atoms with Crippen molar-refractivity contribution in [3.05, 3.63) is 0 Å². The van der Waals surface area contributed by atoms with Crippen LogP contribution in [-0.2, 0) is 4.74 Å². The average molecular weight is 214 g/mol. The molecule has 0 aromatic rings. The van der Waals surface area contributed by atoms with E-state index in [0.717, 1.165) is 19.3 Å². The van der Waals surface area contributed by atoms with Crippen LogP contribution in [0.4, 0.5) is 0 Å². The second-order valence-corrected chi connectivity index (χ2v) is 4.23. The Hall–Kier alpha value is -0.120. The number of nitrogens with zero attached hydrogens (tertiary/aromatic N) is 1. The minimum atomic E-state index is 0.770. The van der Waals surface area contributed by atoms with Gasteiger partial charge in [0.2, 0.25) is 0 Å². The molecule has 1 N–H and O–H groups in total. The fraction of sp³-hybridized carbons (Fsp3) is 1.00. The Labute approximate surface area is 94.2 Å². The van der Waals surface area contributed by atoms with Crippen LogP contribution in [-0.4, -0.2) is 50.3 Å². The summed E-state index contributed by atoms with van der Waals surface area (Å²) in [6.07, 6.45) is 3.74. The summed E-state index contributed by atoms with van der Waals surface area (Å²) in [6, 6.07) is 0.770. The molecule has 1 aliphatic heterocycles. The van der Waals surface area contributed by atoms with Crippen molar-refractivity contribution < 1.29 is 4.74 Å². The van der Waals surface area contributed by atoms with E-state index in [1.165, 1.54) is 45.4 Å². The number of ether oxygens (including phenoxy) is 1. The van der Waals surface area contributed by atoms with Gasteiger partial charge in [0.05, 0.1) is 0 Å². The van der Waals surface area contributed by atoms with Gasteiger partial charge in [0.25, 0.3) is 0 Å². The van der Waals surface area contributed by atoms with Crippen LogP contribution in [0.2, 0.25) is 0 Å². The molecule has 1 atom stereocenters. The maximum atomic E-state index is 5.38. The molecule has 1 aliphatic rings. The first-order valence-corrected chi connectivity index (χ1v) is 6.41. The Morgan fingerprint density at radius 3 is 2.80 bits per heavy atom. The van der Waals surface area contributed by atoms with Crippen LogP contribution < -0.4 is 5.32 Å². The van der Waals surface area contributed by atoms with Crippen LogP contribution in [0.1, 0.15) is 33.1 Å². The molecule has 0 spiro atoms. The predicted molar refractivity (Wildman–Crippen MR) is 64.2 cm³/mol. The molecule has 1 heterocycles. The number of hydrogen-bond acceptors (Lipinski definition) is 3. The van der Waals surface area contributed by atoms with Gasteiger partial charge in [-0.1, -0.05) is 6.92 Å². The topological polar surface area (TPSA) is 24.5 Å². The van der Waals surface area contributed by atoms with Gasteiger partial charge in [-0.05, 0) is 39.3 Å². The molecule has 0 radical (unpaired) electrons. The van der Waals surface area contributed by atoms with Crippen LogP contribution in [0.3, 0.4) is 0 Å². The highest BCUT2D eigenvalue weighted by atomic mass is 16.5. The van der Waals surface area contributed by atoms with Gasteiger partial charge in [0, 0.05) is 32.3 Å². The van der Waals surface area contributed by atoms with E-state index in [9.17, 15) is 0 Å². The van der Waals surface area contributed by atoms with Gasteiger partial charge in [-0.2, -0.15) is 0 Å². The molecule has 1 fully saturated rings. The standard InChI is InChI=1S/C12H26N2O/c1-3-8-14(9-5-10-15-4-2)12-6-7-13-11-12/h12-13H,3-11H2,1-2H3. The van der Waals surface area contributed by atoms with E-state index < -0.39 is 0 Å². The molecule has 0 aliphatic carbocycles. The second kappa shape index (κ2) is 8.08. The van der Waals surface area contributed by atoms with Crippen molar-refractivity contribution in [1.82, 2.24) is 10.2 Å². The fourth-order valence-corrected chi connectivity index (χ4v) is 2.23.